The first-order valence-electron chi connectivity index (χ1n) is 5.69. The van der Waals surface area contributed by atoms with Crippen LogP contribution in [-0.4, -0.2) is 31.7 Å². The molecule has 1 atom stereocenters. The van der Waals surface area contributed by atoms with E-state index < -0.39 is 6.04 Å². The predicted molar refractivity (Wildman–Crippen MR) is 66.7 cm³/mol. The van der Waals surface area contributed by atoms with Gasteiger partial charge in [0, 0.05) is 13.7 Å². The van der Waals surface area contributed by atoms with Gasteiger partial charge in [-0.05, 0) is 38.5 Å². The van der Waals surface area contributed by atoms with Crippen LogP contribution in [0.1, 0.15) is 32.6 Å². The molecular formula is C11H23ClN2O2. The second kappa shape index (κ2) is 7.87. The van der Waals surface area contributed by atoms with Crippen LogP contribution in [0.4, 0.5) is 0 Å². The summed E-state index contributed by atoms with van der Waals surface area (Å²) in [5.74, 6) is 0.544. The topological polar surface area (TPSA) is 64.3 Å². The number of amides is 1. The summed E-state index contributed by atoms with van der Waals surface area (Å²) in [5, 5.41) is 2.88. The van der Waals surface area contributed by atoms with Crippen molar-refractivity contribution in [3.8, 4) is 0 Å². The molecule has 0 spiro atoms. The highest BCUT2D eigenvalue weighted by Crippen LogP contribution is 2.25. The van der Waals surface area contributed by atoms with Crippen molar-refractivity contribution in [3.05, 3.63) is 0 Å². The Bertz CT molecular complexity index is 204. The van der Waals surface area contributed by atoms with Crippen LogP contribution in [0.3, 0.4) is 0 Å². The molecule has 1 aliphatic carbocycles. The van der Waals surface area contributed by atoms with E-state index in [1.807, 2.05) is 0 Å². The van der Waals surface area contributed by atoms with E-state index >= 15 is 0 Å². The quantitative estimate of drug-likeness (QED) is 0.785. The molecule has 0 aromatic rings. The van der Waals surface area contributed by atoms with E-state index in [-0.39, 0.29) is 18.3 Å². The van der Waals surface area contributed by atoms with E-state index in [0.29, 0.717) is 12.0 Å². The maximum atomic E-state index is 11.2. The van der Waals surface area contributed by atoms with Crippen molar-refractivity contribution in [1.82, 2.24) is 5.32 Å². The van der Waals surface area contributed by atoms with E-state index in [1.54, 1.807) is 14.0 Å². The van der Waals surface area contributed by atoms with Crippen molar-refractivity contribution >= 4 is 18.3 Å². The Labute approximate surface area is 104 Å². The summed E-state index contributed by atoms with van der Waals surface area (Å²) in [7, 11) is 1.77. The van der Waals surface area contributed by atoms with Crippen LogP contribution in [0.2, 0.25) is 0 Å². The predicted octanol–water partition coefficient (Wildman–Crippen LogP) is 1.08. The number of rotatable bonds is 4. The molecule has 1 unspecified atom stereocenters. The Morgan fingerprint density at radius 3 is 2.44 bits per heavy atom. The van der Waals surface area contributed by atoms with Crippen molar-refractivity contribution in [2.45, 2.75) is 44.8 Å². The van der Waals surface area contributed by atoms with Crippen molar-refractivity contribution in [1.29, 1.82) is 0 Å². The molecule has 0 aromatic carbocycles. The highest BCUT2D eigenvalue weighted by atomic mass is 35.5. The van der Waals surface area contributed by atoms with Crippen LogP contribution < -0.4 is 11.1 Å². The minimum absolute atomic E-state index is 0. The van der Waals surface area contributed by atoms with Gasteiger partial charge in [-0.15, -0.1) is 12.4 Å². The zero-order valence-corrected chi connectivity index (χ0v) is 10.9. The fourth-order valence-corrected chi connectivity index (χ4v) is 1.98. The Balaban J connectivity index is 0.00000225. The average molecular weight is 251 g/mol. The van der Waals surface area contributed by atoms with Gasteiger partial charge in [-0.25, -0.2) is 0 Å². The van der Waals surface area contributed by atoms with Crippen molar-refractivity contribution in [2.75, 3.05) is 13.7 Å². The summed E-state index contributed by atoms with van der Waals surface area (Å²) < 4.78 is 5.30. The molecule has 1 fully saturated rings. The zero-order valence-electron chi connectivity index (χ0n) is 10.1. The Kier molecular flexibility index (Phi) is 7.72. The number of carbonyl (C=O) groups excluding carboxylic acids is 1. The van der Waals surface area contributed by atoms with Crippen LogP contribution in [0.15, 0.2) is 0 Å². The van der Waals surface area contributed by atoms with Gasteiger partial charge in [0.25, 0.3) is 0 Å². The van der Waals surface area contributed by atoms with Gasteiger partial charge in [0.2, 0.25) is 5.91 Å². The lowest BCUT2D eigenvalue weighted by Gasteiger charge is -2.27. The monoisotopic (exact) mass is 250 g/mol. The zero-order chi connectivity index (χ0) is 11.3. The molecule has 0 aliphatic heterocycles. The number of nitrogens with two attached hydrogens (primary N) is 1. The molecule has 1 saturated carbocycles. The van der Waals surface area contributed by atoms with E-state index in [0.717, 1.165) is 32.2 Å². The minimum atomic E-state index is -0.402. The van der Waals surface area contributed by atoms with Crippen molar-refractivity contribution in [2.24, 2.45) is 11.7 Å². The Hall–Kier alpha value is -0.320. The van der Waals surface area contributed by atoms with E-state index in [1.165, 1.54) is 0 Å². The maximum Gasteiger partial charge on any atom is 0.236 e. The second-order valence-corrected chi connectivity index (χ2v) is 4.41. The van der Waals surface area contributed by atoms with Gasteiger partial charge in [0.1, 0.15) is 0 Å². The largest absolute Gasteiger partial charge is 0.381 e. The molecule has 0 bridgehead atoms. The van der Waals surface area contributed by atoms with E-state index in [4.69, 9.17) is 10.5 Å². The second-order valence-electron chi connectivity index (χ2n) is 4.41. The lowest BCUT2D eigenvalue weighted by atomic mass is 9.87. The lowest BCUT2D eigenvalue weighted by Crippen LogP contribution is -2.41. The highest BCUT2D eigenvalue weighted by molar-refractivity contribution is 5.85. The van der Waals surface area contributed by atoms with Crippen LogP contribution in [0, 0.1) is 5.92 Å². The summed E-state index contributed by atoms with van der Waals surface area (Å²) in [6.45, 7) is 2.47. The smallest absolute Gasteiger partial charge is 0.236 e. The first-order valence-corrected chi connectivity index (χ1v) is 5.69. The van der Waals surface area contributed by atoms with Crippen LogP contribution in [-0.2, 0) is 9.53 Å². The van der Waals surface area contributed by atoms with Crippen molar-refractivity contribution < 1.29 is 9.53 Å². The minimum Gasteiger partial charge on any atom is -0.381 e. The molecule has 5 heteroatoms. The highest BCUT2D eigenvalue weighted by Gasteiger charge is 2.21. The molecule has 4 nitrogen and oxygen atoms in total. The summed E-state index contributed by atoms with van der Waals surface area (Å²) in [6, 6.07) is -0.402. The average Bonchev–Trinajstić information content (AvgIpc) is 2.26. The third kappa shape index (κ3) is 5.14. The number of methoxy groups -OCH3 is 1. The molecular weight excluding hydrogens is 228 g/mol. The standard InChI is InChI=1S/C11H22N2O2.ClH/c1-8(12)11(14)13-7-9-3-5-10(15-2)6-4-9;/h8-10H,3-7,12H2,1-2H3,(H,13,14);1H. The SMILES string of the molecule is COC1CCC(CNC(=O)C(C)N)CC1.Cl. The van der Waals surface area contributed by atoms with Gasteiger partial charge >= 0.3 is 0 Å². The van der Waals surface area contributed by atoms with Crippen LogP contribution in [0.25, 0.3) is 0 Å². The maximum absolute atomic E-state index is 11.2. The summed E-state index contributed by atoms with van der Waals surface area (Å²) in [5.41, 5.74) is 5.46. The van der Waals surface area contributed by atoms with Gasteiger partial charge in [-0.3, -0.25) is 4.79 Å². The number of ether oxygens (including phenoxy) is 1. The normalized spacial score (nSPS) is 26.7. The molecule has 1 rings (SSSR count). The van der Waals surface area contributed by atoms with E-state index in [2.05, 4.69) is 5.32 Å². The number of halogens is 1. The molecule has 0 saturated heterocycles. The number of nitrogens with one attached hydrogen (secondary N) is 1. The molecule has 3 N–H and O–H groups in total. The summed E-state index contributed by atoms with van der Waals surface area (Å²) in [4.78, 5) is 11.2. The fraction of sp³-hybridized carbons (Fsp3) is 0.909. The lowest BCUT2D eigenvalue weighted by molar-refractivity contribution is -0.122. The number of hydrogen-bond donors (Lipinski definition) is 2. The number of hydrogen-bond acceptors (Lipinski definition) is 3. The first kappa shape index (κ1) is 15.7. The first-order chi connectivity index (χ1) is 7.13. The molecule has 1 amide bonds. The van der Waals surface area contributed by atoms with Gasteiger partial charge in [-0.2, -0.15) is 0 Å². The molecule has 96 valence electrons. The summed E-state index contributed by atoms with van der Waals surface area (Å²) >= 11 is 0. The Morgan fingerprint density at radius 2 is 2.00 bits per heavy atom. The number of carbonyl (C=O) groups is 1. The molecule has 0 aromatic heterocycles. The third-order valence-electron chi connectivity index (χ3n) is 3.11. The van der Waals surface area contributed by atoms with Crippen molar-refractivity contribution in [3.63, 3.8) is 0 Å². The third-order valence-corrected chi connectivity index (χ3v) is 3.11. The fourth-order valence-electron chi connectivity index (χ4n) is 1.98. The Morgan fingerprint density at radius 1 is 1.44 bits per heavy atom. The molecule has 1 aliphatic rings. The molecule has 0 radical (unpaired) electrons. The van der Waals surface area contributed by atoms with Crippen LogP contribution in [0.5, 0.6) is 0 Å². The van der Waals surface area contributed by atoms with Gasteiger partial charge < -0.3 is 15.8 Å². The van der Waals surface area contributed by atoms with Gasteiger partial charge in [0.05, 0.1) is 12.1 Å². The van der Waals surface area contributed by atoms with Crippen LogP contribution >= 0.6 is 12.4 Å². The molecule has 0 heterocycles. The summed E-state index contributed by atoms with van der Waals surface area (Å²) in [6.07, 6.45) is 4.91. The molecule has 16 heavy (non-hydrogen) atoms. The van der Waals surface area contributed by atoms with Gasteiger partial charge in [-0.1, -0.05) is 0 Å². The van der Waals surface area contributed by atoms with E-state index in [9.17, 15) is 4.79 Å². The van der Waals surface area contributed by atoms with Gasteiger partial charge in [0.15, 0.2) is 0 Å².